The topological polar surface area (TPSA) is 39.2 Å². The van der Waals surface area contributed by atoms with E-state index in [1.165, 1.54) is 6.08 Å². The molecule has 0 aliphatic carbocycles. The summed E-state index contributed by atoms with van der Waals surface area (Å²) in [6.45, 7) is 2.00. The molecule has 0 saturated heterocycles. The van der Waals surface area contributed by atoms with E-state index in [1.807, 2.05) is 31.2 Å². The third kappa shape index (κ3) is 4.03. The van der Waals surface area contributed by atoms with Gasteiger partial charge < -0.3 is 4.74 Å². The van der Waals surface area contributed by atoms with Crippen LogP contribution in [0.2, 0.25) is 0 Å². The zero-order valence-corrected chi connectivity index (χ0v) is 11.9. The Balaban J connectivity index is 2.04. The molecule has 0 aliphatic rings. The molecule has 96 valence electrons. The van der Waals surface area contributed by atoms with Crippen LogP contribution in [0.5, 0.6) is 5.75 Å². The molecule has 0 saturated carbocycles. The second-order valence-corrected chi connectivity index (χ2v) is 4.71. The summed E-state index contributed by atoms with van der Waals surface area (Å²) in [7, 11) is 0. The van der Waals surface area contributed by atoms with Gasteiger partial charge in [0, 0.05) is 12.3 Å². The Kier molecular flexibility index (Phi) is 4.47. The summed E-state index contributed by atoms with van der Waals surface area (Å²) in [6.07, 6.45) is 4.73. The molecule has 1 aromatic heterocycles. The lowest BCUT2D eigenvalue weighted by Gasteiger charge is -2.02. The van der Waals surface area contributed by atoms with Gasteiger partial charge in [-0.05, 0) is 46.6 Å². The Morgan fingerprint density at radius 2 is 2.16 bits per heavy atom. The minimum Gasteiger partial charge on any atom is -0.420 e. The van der Waals surface area contributed by atoms with Gasteiger partial charge in [-0.3, -0.25) is 0 Å². The van der Waals surface area contributed by atoms with E-state index in [4.69, 9.17) is 4.74 Å². The molecule has 0 atom stereocenters. The Bertz CT molecular complexity index is 623. The van der Waals surface area contributed by atoms with Crippen molar-refractivity contribution in [1.29, 1.82) is 0 Å². The Morgan fingerprint density at radius 1 is 1.32 bits per heavy atom. The van der Waals surface area contributed by atoms with E-state index in [-0.39, 0.29) is 0 Å². The van der Waals surface area contributed by atoms with Crippen LogP contribution in [0.15, 0.2) is 53.3 Å². The molecule has 19 heavy (non-hydrogen) atoms. The molecule has 0 N–H and O–H groups in total. The summed E-state index contributed by atoms with van der Waals surface area (Å²) < 4.78 is 5.67. The minimum atomic E-state index is -0.435. The summed E-state index contributed by atoms with van der Waals surface area (Å²) >= 11 is 3.22. The summed E-state index contributed by atoms with van der Waals surface area (Å²) in [5.41, 5.74) is 2.10. The number of carbonyl (C=O) groups is 1. The van der Waals surface area contributed by atoms with E-state index in [9.17, 15) is 4.79 Å². The lowest BCUT2D eigenvalue weighted by atomic mass is 10.1. The molecule has 4 heteroatoms. The van der Waals surface area contributed by atoms with E-state index >= 15 is 0 Å². The highest BCUT2D eigenvalue weighted by atomic mass is 79.9. The van der Waals surface area contributed by atoms with Crippen LogP contribution in [0.1, 0.15) is 11.1 Å². The van der Waals surface area contributed by atoms with Crippen molar-refractivity contribution in [3.05, 3.63) is 64.4 Å². The molecular formula is C15H12BrNO2. The summed E-state index contributed by atoms with van der Waals surface area (Å²) in [6, 6.07) is 11.2. The van der Waals surface area contributed by atoms with Crippen LogP contribution in [0.4, 0.5) is 0 Å². The molecular weight excluding hydrogens is 306 g/mol. The summed E-state index contributed by atoms with van der Waals surface area (Å²) in [4.78, 5) is 15.6. The van der Waals surface area contributed by atoms with E-state index in [0.29, 0.717) is 10.4 Å². The number of aromatic nitrogens is 1. The van der Waals surface area contributed by atoms with E-state index in [2.05, 4.69) is 20.9 Å². The molecule has 0 radical (unpaired) electrons. The SMILES string of the molecule is Cc1cccc(/C=C/C(=O)Oc2cccnc2Br)c1. The van der Waals surface area contributed by atoms with Crippen LogP contribution in [-0.2, 0) is 4.79 Å². The maximum absolute atomic E-state index is 11.7. The summed E-state index contributed by atoms with van der Waals surface area (Å²) in [5, 5.41) is 0. The van der Waals surface area contributed by atoms with E-state index < -0.39 is 5.97 Å². The van der Waals surface area contributed by atoms with Crippen molar-refractivity contribution < 1.29 is 9.53 Å². The molecule has 0 unspecified atom stereocenters. The quantitative estimate of drug-likeness (QED) is 0.491. The largest absolute Gasteiger partial charge is 0.420 e. The average Bonchev–Trinajstić information content (AvgIpc) is 2.39. The van der Waals surface area contributed by atoms with E-state index in [1.54, 1.807) is 24.4 Å². The maximum Gasteiger partial charge on any atom is 0.336 e. The van der Waals surface area contributed by atoms with Gasteiger partial charge in [-0.2, -0.15) is 0 Å². The molecule has 0 spiro atoms. The monoisotopic (exact) mass is 317 g/mol. The van der Waals surface area contributed by atoms with Crippen molar-refractivity contribution in [3.8, 4) is 5.75 Å². The third-order valence-corrected chi connectivity index (χ3v) is 2.98. The third-order valence-electron chi connectivity index (χ3n) is 2.39. The van der Waals surface area contributed by atoms with Crippen LogP contribution in [0, 0.1) is 6.92 Å². The second-order valence-electron chi connectivity index (χ2n) is 3.96. The molecule has 0 fully saturated rings. The second kappa shape index (κ2) is 6.29. The van der Waals surface area contributed by atoms with Crippen molar-refractivity contribution in [2.75, 3.05) is 0 Å². The first-order valence-corrected chi connectivity index (χ1v) is 6.51. The smallest absolute Gasteiger partial charge is 0.336 e. The predicted octanol–water partition coefficient (Wildman–Crippen LogP) is 3.77. The van der Waals surface area contributed by atoms with Crippen LogP contribution < -0.4 is 4.74 Å². The van der Waals surface area contributed by atoms with Gasteiger partial charge in [0.05, 0.1) is 0 Å². The Labute approximate surface area is 120 Å². The van der Waals surface area contributed by atoms with Gasteiger partial charge in [-0.25, -0.2) is 9.78 Å². The zero-order chi connectivity index (χ0) is 13.7. The average molecular weight is 318 g/mol. The predicted molar refractivity (Wildman–Crippen MR) is 77.8 cm³/mol. The number of ether oxygens (including phenoxy) is 1. The number of carbonyl (C=O) groups excluding carboxylic acids is 1. The first-order chi connectivity index (χ1) is 9.15. The van der Waals surface area contributed by atoms with Crippen LogP contribution in [0.25, 0.3) is 6.08 Å². The fraction of sp³-hybridized carbons (Fsp3) is 0.0667. The van der Waals surface area contributed by atoms with Gasteiger partial charge in [0.2, 0.25) is 0 Å². The number of hydrogen-bond acceptors (Lipinski definition) is 3. The van der Waals surface area contributed by atoms with Crippen LogP contribution >= 0.6 is 15.9 Å². The van der Waals surface area contributed by atoms with Gasteiger partial charge in [-0.1, -0.05) is 29.8 Å². The number of rotatable bonds is 3. The molecule has 3 nitrogen and oxygen atoms in total. The van der Waals surface area contributed by atoms with Gasteiger partial charge in [0.25, 0.3) is 0 Å². The summed E-state index contributed by atoms with van der Waals surface area (Å²) in [5.74, 6) is -0.0309. The molecule has 0 aliphatic heterocycles. The lowest BCUT2D eigenvalue weighted by molar-refractivity contribution is -0.128. The van der Waals surface area contributed by atoms with Crippen molar-refractivity contribution in [1.82, 2.24) is 4.98 Å². The number of pyridine rings is 1. The molecule has 1 heterocycles. The van der Waals surface area contributed by atoms with Crippen LogP contribution in [-0.4, -0.2) is 11.0 Å². The zero-order valence-electron chi connectivity index (χ0n) is 10.3. The Morgan fingerprint density at radius 3 is 2.89 bits per heavy atom. The first kappa shape index (κ1) is 13.5. The lowest BCUT2D eigenvalue weighted by Crippen LogP contribution is -2.04. The molecule has 0 amide bonds. The Hall–Kier alpha value is -1.94. The van der Waals surface area contributed by atoms with E-state index in [0.717, 1.165) is 11.1 Å². The maximum atomic E-state index is 11.7. The van der Waals surface area contributed by atoms with Crippen LogP contribution in [0.3, 0.4) is 0 Å². The van der Waals surface area contributed by atoms with Gasteiger partial charge in [-0.15, -0.1) is 0 Å². The fourth-order valence-corrected chi connectivity index (χ4v) is 1.86. The number of esters is 1. The number of hydrogen-bond donors (Lipinski definition) is 0. The molecule has 2 aromatic rings. The minimum absolute atomic E-state index is 0.404. The highest BCUT2D eigenvalue weighted by Gasteiger charge is 2.04. The number of halogens is 1. The molecule has 0 bridgehead atoms. The van der Waals surface area contributed by atoms with Crippen molar-refractivity contribution >= 4 is 28.0 Å². The number of nitrogens with zero attached hydrogens (tertiary/aromatic N) is 1. The van der Waals surface area contributed by atoms with Crippen molar-refractivity contribution in [3.63, 3.8) is 0 Å². The highest BCUT2D eigenvalue weighted by molar-refractivity contribution is 9.10. The highest BCUT2D eigenvalue weighted by Crippen LogP contribution is 2.21. The van der Waals surface area contributed by atoms with Gasteiger partial charge >= 0.3 is 5.97 Å². The molecule has 2 rings (SSSR count). The van der Waals surface area contributed by atoms with Gasteiger partial charge in [0.1, 0.15) is 4.60 Å². The number of aryl methyl sites for hydroxylation is 1. The normalized spacial score (nSPS) is 10.6. The fourth-order valence-electron chi connectivity index (χ4n) is 1.53. The number of benzene rings is 1. The van der Waals surface area contributed by atoms with Crippen molar-refractivity contribution in [2.24, 2.45) is 0 Å². The first-order valence-electron chi connectivity index (χ1n) is 5.72. The van der Waals surface area contributed by atoms with Crippen molar-refractivity contribution in [2.45, 2.75) is 6.92 Å². The standard InChI is InChI=1S/C15H12BrNO2/c1-11-4-2-5-12(10-11)7-8-14(18)19-13-6-3-9-17-15(13)16/h2-10H,1H3/b8-7+. The molecule has 1 aromatic carbocycles. The van der Waals surface area contributed by atoms with Gasteiger partial charge in [0.15, 0.2) is 5.75 Å².